The zero-order chi connectivity index (χ0) is 12.5. The number of phenolic OH excluding ortho intramolecular Hbond substituents is 1. The van der Waals surface area contributed by atoms with E-state index in [1.165, 1.54) is 44.2 Å². The molecule has 1 aliphatic carbocycles. The minimum atomic E-state index is 0.178. The normalized spacial score (nSPS) is 28.3. The van der Waals surface area contributed by atoms with E-state index in [0.717, 1.165) is 18.5 Å². The van der Waals surface area contributed by atoms with Crippen LogP contribution in [-0.4, -0.2) is 22.6 Å². The summed E-state index contributed by atoms with van der Waals surface area (Å²) in [6.45, 7) is 2.19. The van der Waals surface area contributed by atoms with Gasteiger partial charge in [0.15, 0.2) is 0 Å². The number of likely N-dealkylation sites (tertiary alicyclic amines) is 1. The molecule has 2 nitrogen and oxygen atoms in total. The smallest absolute Gasteiger partial charge is 0.134 e. The Kier molecular flexibility index (Phi) is 3.49. The van der Waals surface area contributed by atoms with Gasteiger partial charge in [0.2, 0.25) is 0 Å². The van der Waals surface area contributed by atoms with Crippen molar-refractivity contribution in [3.63, 3.8) is 0 Å². The number of rotatable bonds is 2. The molecule has 1 aromatic carbocycles. The van der Waals surface area contributed by atoms with Crippen LogP contribution in [-0.2, 0) is 6.54 Å². The largest absolute Gasteiger partial charge is 0.506 e. The van der Waals surface area contributed by atoms with Crippen molar-refractivity contribution in [2.24, 2.45) is 5.92 Å². The molecule has 1 N–H and O–H groups in total. The minimum absolute atomic E-state index is 0.178. The minimum Gasteiger partial charge on any atom is -0.506 e. The molecule has 1 aliphatic heterocycles. The Morgan fingerprint density at radius 3 is 2.89 bits per heavy atom. The van der Waals surface area contributed by atoms with Gasteiger partial charge in [-0.25, -0.2) is 0 Å². The maximum atomic E-state index is 9.45. The van der Waals surface area contributed by atoms with Crippen LogP contribution in [0.25, 0.3) is 0 Å². The highest BCUT2D eigenvalue weighted by Crippen LogP contribution is 2.37. The van der Waals surface area contributed by atoms with Crippen LogP contribution in [0.4, 0.5) is 0 Å². The lowest BCUT2D eigenvalue weighted by atomic mass is 9.85. The fourth-order valence-corrected chi connectivity index (χ4v) is 3.79. The van der Waals surface area contributed by atoms with E-state index in [1.54, 1.807) is 6.07 Å². The number of halogens is 1. The molecular formula is C15H20ClNO. The molecule has 0 amide bonds. The zero-order valence-corrected chi connectivity index (χ0v) is 11.4. The molecule has 1 aromatic rings. The van der Waals surface area contributed by atoms with Crippen LogP contribution < -0.4 is 0 Å². The third kappa shape index (κ3) is 2.36. The van der Waals surface area contributed by atoms with Gasteiger partial charge in [0, 0.05) is 12.6 Å². The second-order valence-corrected chi connectivity index (χ2v) is 6.06. The molecule has 0 bridgehead atoms. The van der Waals surface area contributed by atoms with Gasteiger partial charge in [0.25, 0.3) is 0 Å². The maximum Gasteiger partial charge on any atom is 0.134 e. The van der Waals surface area contributed by atoms with E-state index in [1.807, 2.05) is 12.1 Å². The second-order valence-electron chi connectivity index (χ2n) is 5.66. The fourth-order valence-electron chi connectivity index (χ4n) is 3.58. The van der Waals surface area contributed by atoms with E-state index < -0.39 is 0 Å². The van der Waals surface area contributed by atoms with Crippen LogP contribution in [0, 0.1) is 5.92 Å². The monoisotopic (exact) mass is 265 g/mol. The summed E-state index contributed by atoms with van der Waals surface area (Å²) in [4.78, 5) is 2.60. The summed E-state index contributed by atoms with van der Waals surface area (Å²) in [5.74, 6) is 1.10. The summed E-state index contributed by atoms with van der Waals surface area (Å²) in [5.41, 5.74) is 1.21. The Hall–Kier alpha value is -0.730. The number of phenols is 1. The number of aromatic hydroxyl groups is 1. The van der Waals surface area contributed by atoms with E-state index >= 15 is 0 Å². The summed E-state index contributed by atoms with van der Waals surface area (Å²) in [6, 6.07) is 6.36. The molecular weight excluding hydrogens is 246 g/mol. The fraction of sp³-hybridized carbons (Fsp3) is 0.600. The first kappa shape index (κ1) is 12.3. The maximum absolute atomic E-state index is 9.45. The van der Waals surface area contributed by atoms with E-state index in [2.05, 4.69) is 4.90 Å². The van der Waals surface area contributed by atoms with Crippen molar-refractivity contribution in [2.45, 2.75) is 44.7 Å². The number of hydrogen-bond acceptors (Lipinski definition) is 2. The van der Waals surface area contributed by atoms with Crippen LogP contribution in [0.1, 0.15) is 37.7 Å². The molecule has 1 heterocycles. The Balaban J connectivity index is 1.70. The Bertz CT molecular complexity index is 435. The standard InChI is InChI=1S/C15H20ClNO/c16-13-9-11(5-6-15(13)18)10-17-8-7-12-3-1-2-4-14(12)17/h5-6,9,12,14,18H,1-4,7-8,10H2. The molecule has 3 heteroatoms. The van der Waals surface area contributed by atoms with Crippen molar-refractivity contribution < 1.29 is 5.11 Å². The lowest BCUT2D eigenvalue weighted by Gasteiger charge is -2.31. The van der Waals surface area contributed by atoms with Crippen molar-refractivity contribution in [1.82, 2.24) is 4.90 Å². The Morgan fingerprint density at radius 2 is 2.06 bits per heavy atom. The number of nitrogens with zero attached hydrogens (tertiary/aromatic N) is 1. The predicted octanol–water partition coefficient (Wildman–Crippen LogP) is 3.81. The molecule has 3 rings (SSSR count). The van der Waals surface area contributed by atoms with Gasteiger partial charge < -0.3 is 5.11 Å². The molecule has 0 aromatic heterocycles. The van der Waals surface area contributed by atoms with Gasteiger partial charge in [0.05, 0.1) is 5.02 Å². The summed E-state index contributed by atoms with van der Waals surface area (Å²) in [6.07, 6.45) is 6.93. The Labute approximate surface area is 114 Å². The van der Waals surface area contributed by atoms with Crippen LogP contribution in [0.5, 0.6) is 5.75 Å². The van der Waals surface area contributed by atoms with E-state index in [4.69, 9.17) is 11.6 Å². The highest BCUT2D eigenvalue weighted by molar-refractivity contribution is 6.32. The Morgan fingerprint density at radius 1 is 1.22 bits per heavy atom. The van der Waals surface area contributed by atoms with Crippen LogP contribution in [0.15, 0.2) is 18.2 Å². The third-order valence-electron chi connectivity index (χ3n) is 4.52. The summed E-state index contributed by atoms with van der Waals surface area (Å²) >= 11 is 5.97. The molecule has 2 unspecified atom stereocenters. The van der Waals surface area contributed by atoms with Crippen molar-refractivity contribution in [3.8, 4) is 5.75 Å². The predicted molar refractivity (Wildman–Crippen MR) is 73.9 cm³/mol. The summed E-state index contributed by atoms with van der Waals surface area (Å²) in [7, 11) is 0. The van der Waals surface area contributed by atoms with Crippen LogP contribution in [0.2, 0.25) is 5.02 Å². The number of benzene rings is 1. The summed E-state index contributed by atoms with van der Waals surface area (Å²) < 4.78 is 0. The van der Waals surface area contributed by atoms with Gasteiger partial charge >= 0.3 is 0 Å². The average Bonchev–Trinajstić information content (AvgIpc) is 2.78. The van der Waals surface area contributed by atoms with E-state index in [9.17, 15) is 5.11 Å². The molecule has 18 heavy (non-hydrogen) atoms. The molecule has 98 valence electrons. The molecule has 1 saturated carbocycles. The van der Waals surface area contributed by atoms with Gasteiger partial charge in [-0.1, -0.05) is 30.5 Å². The molecule has 2 atom stereocenters. The quantitative estimate of drug-likeness (QED) is 0.879. The molecule has 0 radical (unpaired) electrons. The van der Waals surface area contributed by atoms with Crippen molar-refractivity contribution in [3.05, 3.63) is 28.8 Å². The van der Waals surface area contributed by atoms with E-state index in [-0.39, 0.29) is 5.75 Å². The SMILES string of the molecule is Oc1ccc(CN2CCC3CCCCC32)cc1Cl. The van der Waals surface area contributed by atoms with Crippen molar-refractivity contribution in [1.29, 1.82) is 0 Å². The first-order valence-corrected chi connectivity index (χ1v) is 7.33. The topological polar surface area (TPSA) is 23.5 Å². The average molecular weight is 266 g/mol. The van der Waals surface area contributed by atoms with Gasteiger partial charge in [0.1, 0.15) is 5.75 Å². The van der Waals surface area contributed by atoms with Gasteiger partial charge in [-0.3, -0.25) is 4.90 Å². The lowest BCUT2D eigenvalue weighted by Crippen LogP contribution is -2.34. The van der Waals surface area contributed by atoms with Gasteiger partial charge in [-0.05, 0) is 49.4 Å². The van der Waals surface area contributed by atoms with Crippen molar-refractivity contribution in [2.75, 3.05) is 6.54 Å². The van der Waals surface area contributed by atoms with Gasteiger partial charge in [-0.15, -0.1) is 0 Å². The third-order valence-corrected chi connectivity index (χ3v) is 4.83. The highest BCUT2D eigenvalue weighted by Gasteiger charge is 2.35. The molecule has 1 saturated heterocycles. The molecule has 2 fully saturated rings. The van der Waals surface area contributed by atoms with Crippen LogP contribution in [0.3, 0.4) is 0 Å². The first-order chi connectivity index (χ1) is 8.74. The zero-order valence-electron chi connectivity index (χ0n) is 10.6. The summed E-state index contributed by atoms with van der Waals surface area (Å²) in [5, 5.41) is 9.91. The first-order valence-electron chi connectivity index (χ1n) is 6.95. The highest BCUT2D eigenvalue weighted by atomic mass is 35.5. The number of fused-ring (bicyclic) bond motifs is 1. The van der Waals surface area contributed by atoms with Crippen LogP contribution >= 0.6 is 11.6 Å². The molecule has 0 spiro atoms. The lowest BCUT2D eigenvalue weighted by molar-refractivity contribution is 0.176. The van der Waals surface area contributed by atoms with Crippen molar-refractivity contribution >= 4 is 11.6 Å². The second kappa shape index (κ2) is 5.10. The van der Waals surface area contributed by atoms with Gasteiger partial charge in [-0.2, -0.15) is 0 Å². The molecule has 2 aliphatic rings. The van der Waals surface area contributed by atoms with E-state index in [0.29, 0.717) is 5.02 Å². The number of hydrogen-bond donors (Lipinski definition) is 1.